The Morgan fingerprint density at radius 2 is 2.00 bits per heavy atom. The van der Waals surface area contributed by atoms with Gasteiger partial charge in [-0.3, -0.25) is 4.79 Å². The Morgan fingerprint density at radius 1 is 1.47 bits per heavy atom. The zero-order valence-electron chi connectivity index (χ0n) is 8.86. The van der Waals surface area contributed by atoms with Crippen molar-refractivity contribution in [1.29, 1.82) is 0 Å². The van der Waals surface area contributed by atoms with E-state index in [1.807, 2.05) is 30.5 Å². The molecule has 0 saturated carbocycles. The van der Waals surface area contributed by atoms with Crippen molar-refractivity contribution < 1.29 is 9.90 Å². The minimum atomic E-state index is -1.19. The van der Waals surface area contributed by atoms with Crippen LogP contribution in [0.4, 0.5) is 0 Å². The minimum absolute atomic E-state index is 0.344. The van der Waals surface area contributed by atoms with E-state index in [4.69, 9.17) is 10.8 Å². The average molecular weight is 225 g/mol. The van der Waals surface area contributed by atoms with Crippen LogP contribution in [0.15, 0.2) is 29.2 Å². The normalized spacial score (nSPS) is 14.6. The van der Waals surface area contributed by atoms with E-state index in [1.165, 1.54) is 6.92 Å². The Balaban J connectivity index is 2.77. The Labute approximate surface area is 93.7 Å². The molecule has 0 unspecified atom stereocenters. The van der Waals surface area contributed by atoms with E-state index in [0.717, 1.165) is 10.5 Å². The van der Waals surface area contributed by atoms with E-state index in [9.17, 15) is 4.79 Å². The maximum absolute atomic E-state index is 10.8. The molecule has 4 heteroatoms. The third-order valence-electron chi connectivity index (χ3n) is 2.22. The molecule has 0 aromatic heterocycles. The fourth-order valence-electron chi connectivity index (χ4n) is 1.24. The summed E-state index contributed by atoms with van der Waals surface area (Å²) in [5, 5.41) is 8.87. The van der Waals surface area contributed by atoms with E-state index in [0.29, 0.717) is 6.42 Å². The van der Waals surface area contributed by atoms with Gasteiger partial charge in [0.1, 0.15) is 5.54 Å². The molecule has 0 radical (unpaired) electrons. The second-order valence-corrected chi connectivity index (χ2v) is 4.63. The van der Waals surface area contributed by atoms with Crippen LogP contribution in [-0.2, 0) is 11.2 Å². The average Bonchev–Trinajstić information content (AvgIpc) is 2.18. The number of carboxylic acid groups (broad SMARTS) is 1. The lowest BCUT2D eigenvalue weighted by Gasteiger charge is -2.18. The molecule has 3 N–H and O–H groups in total. The van der Waals surface area contributed by atoms with Crippen molar-refractivity contribution in [3.8, 4) is 0 Å². The number of thioether (sulfide) groups is 1. The first-order chi connectivity index (χ1) is 6.95. The van der Waals surface area contributed by atoms with Crippen molar-refractivity contribution in [3.63, 3.8) is 0 Å². The number of rotatable bonds is 4. The van der Waals surface area contributed by atoms with Gasteiger partial charge in [0.15, 0.2) is 0 Å². The van der Waals surface area contributed by atoms with Gasteiger partial charge in [0.2, 0.25) is 0 Å². The lowest BCUT2D eigenvalue weighted by molar-refractivity contribution is -0.142. The van der Waals surface area contributed by atoms with Gasteiger partial charge < -0.3 is 10.8 Å². The minimum Gasteiger partial charge on any atom is -0.480 e. The number of carboxylic acids is 1. The molecule has 0 saturated heterocycles. The largest absolute Gasteiger partial charge is 0.480 e. The second-order valence-electron chi connectivity index (χ2n) is 3.75. The summed E-state index contributed by atoms with van der Waals surface area (Å²) in [6.07, 6.45) is 2.34. The summed E-state index contributed by atoms with van der Waals surface area (Å²) in [4.78, 5) is 12.0. The highest BCUT2D eigenvalue weighted by Gasteiger charge is 2.27. The molecule has 15 heavy (non-hydrogen) atoms. The van der Waals surface area contributed by atoms with Crippen LogP contribution in [0.2, 0.25) is 0 Å². The highest BCUT2D eigenvalue weighted by molar-refractivity contribution is 7.98. The fourth-order valence-corrected chi connectivity index (χ4v) is 1.65. The first kappa shape index (κ1) is 12.1. The highest BCUT2D eigenvalue weighted by Crippen LogP contribution is 2.17. The van der Waals surface area contributed by atoms with Gasteiger partial charge in [-0.25, -0.2) is 0 Å². The first-order valence-corrected chi connectivity index (χ1v) is 5.83. The molecule has 0 aliphatic carbocycles. The van der Waals surface area contributed by atoms with Gasteiger partial charge in [-0.2, -0.15) is 0 Å². The number of hydrogen-bond donors (Lipinski definition) is 2. The Morgan fingerprint density at radius 3 is 2.40 bits per heavy atom. The number of benzene rings is 1. The molecule has 0 aliphatic rings. The van der Waals surface area contributed by atoms with E-state index in [-0.39, 0.29) is 0 Å². The van der Waals surface area contributed by atoms with Crippen LogP contribution in [0.25, 0.3) is 0 Å². The van der Waals surface area contributed by atoms with Crippen molar-refractivity contribution >= 4 is 17.7 Å². The topological polar surface area (TPSA) is 63.3 Å². The van der Waals surface area contributed by atoms with Gasteiger partial charge in [-0.1, -0.05) is 12.1 Å². The van der Waals surface area contributed by atoms with Crippen LogP contribution < -0.4 is 5.73 Å². The smallest absolute Gasteiger partial charge is 0.323 e. The van der Waals surface area contributed by atoms with Crippen molar-refractivity contribution in [2.75, 3.05) is 6.26 Å². The van der Waals surface area contributed by atoms with Crippen LogP contribution in [0.5, 0.6) is 0 Å². The molecule has 1 atom stereocenters. The third-order valence-corrected chi connectivity index (χ3v) is 2.96. The predicted octanol–water partition coefficient (Wildman–Crippen LogP) is 1.75. The number of aliphatic carboxylic acids is 1. The molecule has 82 valence electrons. The Kier molecular flexibility index (Phi) is 3.77. The van der Waals surface area contributed by atoms with Crippen LogP contribution in [0, 0.1) is 0 Å². The van der Waals surface area contributed by atoms with E-state index in [2.05, 4.69) is 0 Å². The van der Waals surface area contributed by atoms with Crippen LogP contribution in [0.1, 0.15) is 12.5 Å². The molecule has 1 aromatic rings. The number of carbonyl (C=O) groups is 1. The quantitative estimate of drug-likeness (QED) is 0.766. The summed E-state index contributed by atoms with van der Waals surface area (Å²) in [5.41, 5.74) is 5.41. The summed E-state index contributed by atoms with van der Waals surface area (Å²) < 4.78 is 0. The monoisotopic (exact) mass is 225 g/mol. The van der Waals surface area contributed by atoms with Gasteiger partial charge >= 0.3 is 5.97 Å². The molecule has 0 heterocycles. The molecular weight excluding hydrogens is 210 g/mol. The zero-order chi connectivity index (χ0) is 11.5. The summed E-state index contributed by atoms with van der Waals surface area (Å²) in [5.74, 6) is -0.976. The SMILES string of the molecule is CSc1ccc(C[C@](C)(N)C(=O)O)cc1. The van der Waals surface area contributed by atoms with E-state index >= 15 is 0 Å². The molecule has 0 fully saturated rings. The number of hydrogen-bond acceptors (Lipinski definition) is 3. The zero-order valence-corrected chi connectivity index (χ0v) is 9.67. The molecule has 1 aromatic carbocycles. The highest BCUT2D eigenvalue weighted by atomic mass is 32.2. The van der Waals surface area contributed by atoms with Gasteiger partial charge in [0, 0.05) is 11.3 Å². The lowest BCUT2D eigenvalue weighted by Crippen LogP contribution is -2.46. The third kappa shape index (κ3) is 3.25. The molecular formula is C11H15NO2S. The summed E-state index contributed by atoms with van der Waals surface area (Å²) in [7, 11) is 0. The standard InChI is InChI=1S/C11H15NO2S/c1-11(12,10(13)14)7-8-3-5-9(15-2)6-4-8/h3-6H,7,12H2,1-2H3,(H,13,14)/t11-/m0/s1. The Hall–Kier alpha value is -1.00. The molecule has 0 aliphatic heterocycles. The molecule has 1 rings (SSSR count). The number of nitrogens with two attached hydrogens (primary N) is 1. The van der Waals surface area contributed by atoms with Crippen molar-refractivity contribution in [3.05, 3.63) is 29.8 Å². The summed E-state index contributed by atoms with van der Waals surface area (Å²) >= 11 is 1.65. The van der Waals surface area contributed by atoms with E-state index < -0.39 is 11.5 Å². The predicted molar refractivity (Wildman–Crippen MR) is 62.2 cm³/mol. The van der Waals surface area contributed by atoms with Gasteiger partial charge in [0.05, 0.1) is 0 Å². The fraction of sp³-hybridized carbons (Fsp3) is 0.364. The first-order valence-electron chi connectivity index (χ1n) is 4.61. The van der Waals surface area contributed by atoms with Gasteiger partial charge in [0.25, 0.3) is 0 Å². The summed E-state index contributed by atoms with van der Waals surface area (Å²) in [6.45, 7) is 1.53. The maximum Gasteiger partial charge on any atom is 0.323 e. The van der Waals surface area contributed by atoms with Gasteiger partial charge in [-0.15, -0.1) is 11.8 Å². The van der Waals surface area contributed by atoms with Crippen molar-refractivity contribution in [1.82, 2.24) is 0 Å². The molecule has 0 amide bonds. The molecule has 0 bridgehead atoms. The van der Waals surface area contributed by atoms with Crippen molar-refractivity contribution in [2.24, 2.45) is 5.73 Å². The lowest BCUT2D eigenvalue weighted by atomic mass is 9.94. The van der Waals surface area contributed by atoms with Crippen molar-refractivity contribution in [2.45, 2.75) is 23.8 Å². The van der Waals surface area contributed by atoms with Gasteiger partial charge in [-0.05, 0) is 30.9 Å². The van der Waals surface area contributed by atoms with Crippen LogP contribution in [0.3, 0.4) is 0 Å². The second kappa shape index (κ2) is 4.68. The van der Waals surface area contributed by atoms with E-state index in [1.54, 1.807) is 11.8 Å². The molecule has 0 spiro atoms. The van der Waals surface area contributed by atoms with Crippen LogP contribution in [-0.4, -0.2) is 22.9 Å². The Bertz CT molecular complexity index is 346. The maximum atomic E-state index is 10.8. The molecule has 3 nitrogen and oxygen atoms in total. The summed E-state index contributed by atoms with van der Waals surface area (Å²) in [6, 6.07) is 7.77. The van der Waals surface area contributed by atoms with Crippen LogP contribution >= 0.6 is 11.8 Å².